The van der Waals surface area contributed by atoms with Gasteiger partial charge in [-0.1, -0.05) is 12.1 Å². The molecule has 0 bridgehead atoms. The molecular formula is C21H26F6N2O6. The van der Waals surface area contributed by atoms with Crippen molar-refractivity contribution < 1.29 is 55.6 Å². The second-order valence-electron chi connectivity index (χ2n) is 7.45. The minimum Gasteiger partial charge on any atom is -0.475 e. The predicted molar refractivity (Wildman–Crippen MR) is 109 cm³/mol. The number of carbonyl (C=O) groups is 2. The lowest BCUT2D eigenvalue weighted by atomic mass is 9.99. The first-order chi connectivity index (χ1) is 16.3. The van der Waals surface area contributed by atoms with Crippen molar-refractivity contribution >= 4 is 11.9 Å². The Morgan fingerprint density at radius 1 is 1.11 bits per heavy atom. The van der Waals surface area contributed by atoms with E-state index in [-0.39, 0.29) is 6.10 Å². The number of aliphatic carboxylic acids is 2. The largest absolute Gasteiger partial charge is 0.490 e. The minimum atomic E-state index is -5.08. The van der Waals surface area contributed by atoms with Crippen LogP contribution in [0.25, 0.3) is 0 Å². The van der Waals surface area contributed by atoms with Crippen molar-refractivity contribution in [2.75, 3.05) is 19.8 Å². The number of aromatic nitrogens is 1. The van der Waals surface area contributed by atoms with Crippen molar-refractivity contribution in [1.82, 2.24) is 9.88 Å². The molecule has 0 spiro atoms. The van der Waals surface area contributed by atoms with Crippen LogP contribution >= 0.6 is 0 Å². The van der Waals surface area contributed by atoms with Gasteiger partial charge in [-0.15, -0.1) is 6.58 Å². The molecule has 3 rings (SSSR count). The quantitative estimate of drug-likeness (QED) is 0.335. The van der Waals surface area contributed by atoms with Crippen LogP contribution in [0.3, 0.4) is 0 Å². The Morgan fingerprint density at radius 3 is 2.20 bits per heavy atom. The molecule has 0 radical (unpaired) electrons. The molecule has 35 heavy (non-hydrogen) atoms. The van der Waals surface area contributed by atoms with E-state index in [2.05, 4.69) is 28.6 Å². The van der Waals surface area contributed by atoms with Gasteiger partial charge >= 0.3 is 24.3 Å². The monoisotopic (exact) mass is 516 g/mol. The molecule has 2 aliphatic heterocycles. The third-order valence-corrected chi connectivity index (χ3v) is 4.87. The molecule has 8 nitrogen and oxygen atoms in total. The Hall–Kier alpha value is -2.71. The molecule has 2 saturated heterocycles. The highest BCUT2D eigenvalue weighted by Gasteiger charge is 2.40. The van der Waals surface area contributed by atoms with E-state index in [4.69, 9.17) is 29.3 Å². The number of hydrogen-bond acceptors (Lipinski definition) is 6. The number of ether oxygens (including phenoxy) is 2. The van der Waals surface area contributed by atoms with Gasteiger partial charge in [0.15, 0.2) is 0 Å². The number of pyridine rings is 1. The zero-order chi connectivity index (χ0) is 26.6. The van der Waals surface area contributed by atoms with Crippen LogP contribution in [0, 0.1) is 0 Å². The van der Waals surface area contributed by atoms with E-state index >= 15 is 0 Å². The summed E-state index contributed by atoms with van der Waals surface area (Å²) in [6, 6.07) is 6.67. The van der Waals surface area contributed by atoms with E-state index in [0.717, 1.165) is 31.6 Å². The Balaban J connectivity index is 0.000000362. The maximum atomic E-state index is 10.6. The second kappa shape index (κ2) is 14.0. The molecule has 2 N–H and O–H groups in total. The van der Waals surface area contributed by atoms with Gasteiger partial charge in [-0.05, 0) is 31.4 Å². The topological polar surface area (TPSA) is 109 Å². The van der Waals surface area contributed by atoms with Gasteiger partial charge in [-0.25, -0.2) is 9.59 Å². The lowest BCUT2D eigenvalue weighted by molar-refractivity contribution is -0.193. The SMILES string of the molecule is C=CCOC[C@H]1CC[C@@H]2[C@@H](CCN2Cc2ccccn2)O1.O=C(O)C(F)(F)F.O=C(O)C(F)(F)F. The third-order valence-electron chi connectivity index (χ3n) is 4.87. The number of likely N-dealkylation sites (tertiary alicyclic amines) is 1. The Kier molecular flexibility index (Phi) is 12.1. The van der Waals surface area contributed by atoms with Crippen LogP contribution in [0.4, 0.5) is 26.3 Å². The van der Waals surface area contributed by atoms with Crippen LogP contribution in [0.15, 0.2) is 37.1 Å². The molecule has 1 aromatic rings. The van der Waals surface area contributed by atoms with E-state index in [1.165, 1.54) is 6.42 Å². The predicted octanol–water partition coefficient (Wildman–Crippen LogP) is 3.67. The van der Waals surface area contributed by atoms with Crippen molar-refractivity contribution in [2.24, 2.45) is 0 Å². The van der Waals surface area contributed by atoms with E-state index in [1.807, 2.05) is 12.3 Å². The third kappa shape index (κ3) is 11.5. The molecule has 2 aliphatic rings. The van der Waals surface area contributed by atoms with Crippen LogP contribution < -0.4 is 0 Å². The zero-order valence-electron chi connectivity index (χ0n) is 18.5. The molecule has 0 aliphatic carbocycles. The van der Waals surface area contributed by atoms with Crippen LogP contribution in [0.5, 0.6) is 0 Å². The molecule has 0 amide bonds. The molecule has 0 unspecified atom stereocenters. The van der Waals surface area contributed by atoms with Crippen molar-refractivity contribution in [3.8, 4) is 0 Å². The van der Waals surface area contributed by atoms with Gasteiger partial charge in [-0.2, -0.15) is 26.3 Å². The van der Waals surface area contributed by atoms with E-state index in [0.29, 0.717) is 25.4 Å². The molecule has 198 valence electrons. The van der Waals surface area contributed by atoms with Gasteiger partial charge in [0.2, 0.25) is 0 Å². The maximum Gasteiger partial charge on any atom is 0.490 e. The first-order valence-corrected chi connectivity index (χ1v) is 10.3. The van der Waals surface area contributed by atoms with Gasteiger partial charge in [-0.3, -0.25) is 9.88 Å². The van der Waals surface area contributed by atoms with E-state index in [9.17, 15) is 26.3 Å². The average Bonchev–Trinajstić information content (AvgIpc) is 3.16. The smallest absolute Gasteiger partial charge is 0.475 e. The highest BCUT2D eigenvalue weighted by atomic mass is 19.4. The number of rotatable bonds is 6. The Bertz CT molecular complexity index is 782. The fraction of sp³-hybridized carbons (Fsp3) is 0.571. The summed E-state index contributed by atoms with van der Waals surface area (Å²) >= 11 is 0. The summed E-state index contributed by atoms with van der Waals surface area (Å²) in [5, 5.41) is 14.2. The number of alkyl halides is 6. The molecule has 3 atom stereocenters. The standard InChI is InChI=1S/C17H24N2O2.2C2HF3O2/c1-2-11-20-13-15-6-7-16-17(21-15)8-10-19(16)12-14-5-3-4-9-18-14;2*3-2(4,5)1(6)7/h2-5,9,15-17H,1,6-8,10-13H2;2*(H,6,7)/t15-,16-,17-;;/m1../s1. The lowest BCUT2D eigenvalue weighted by Crippen LogP contribution is -2.43. The molecule has 14 heteroatoms. The van der Waals surface area contributed by atoms with Crippen LogP contribution in [0.1, 0.15) is 25.0 Å². The van der Waals surface area contributed by atoms with Gasteiger partial charge in [0.05, 0.1) is 31.1 Å². The van der Waals surface area contributed by atoms with Crippen molar-refractivity contribution in [1.29, 1.82) is 0 Å². The Morgan fingerprint density at radius 2 is 1.71 bits per heavy atom. The molecule has 1 aromatic heterocycles. The first kappa shape index (κ1) is 30.3. The summed E-state index contributed by atoms with van der Waals surface area (Å²) in [5.74, 6) is -5.51. The van der Waals surface area contributed by atoms with Crippen LogP contribution in [0.2, 0.25) is 0 Å². The zero-order valence-corrected chi connectivity index (χ0v) is 18.5. The summed E-state index contributed by atoms with van der Waals surface area (Å²) < 4.78 is 75.2. The normalized spacial score (nSPS) is 22.1. The lowest BCUT2D eigenvalue weighted by Gasteiger charge is -2.35. The number of nitrogens with zero attached hydrogens (tertiary/aromatic N) is 2. The second-order valence-corrected chi connectivity index (χ2v) is 7.45. The Labute approximate surface area is 197 Å². The van der Waals surface area contributed by atoms with Gasteiger partial charge < -0.3 is 19.7 Å². The van der Waals surface area contributed by atoms with Crippen molar-refractivity contribution in [3.05, 3.63) is 42.7 Å². The van der Waals surface area contributed by atoms with Gasteiger partial charge in [0.25, 0.3) is 0 Å². The molecular weight excluding hydrogens is 490 g/mol. The van der Waals surface area contributed by atoms with Crippen molar-refractivity contribution in [2.45, 2.75) is 56.4 Å². The van der Waals surface area contributed by atoms with Crippen LogP contribution in [-0.4, -0.2) is 82.4 Å². The summed E-state index contributed by atoms with van der Waals surface area (Å²) in [5.41, 5.74) is 1.15. The molecule has 0 aromatic carbocycles. The number of fused-ring (bicyclic) bond motifs is 1. The number of hydrogen-bond donors (Lipinski definition) is 2. The van der Waals surface area contributed by atoms with E-state index in [1.54, 1.807) is 6.08 Å². The number of halogens is 6. The molecule has 2 fully saturated rings. The summed E-state index contributed by atoms with van der Waals surface area (Å²) in [4.78, 5) is 24.7. The first-order valence-electron chi connectivity index (χ1n) is 10.3. The molecule has 3 heterocycles. The summed E-state index contributed by atoms with van der Waals surface area (Å²) in [6.45, 7) is 7.01. The van der Waals surface area contributed by atoms with Crippen molar-refractivity contribution in [3.63, 3.8) is 0 Å². The van der Waals surface area contributed by atoms with E-state index < -0.39 is 24.3 Å². The highest BCUT2D eigenvalue weighted by Crippen LogP contribution is 2.32. The fourth-order valence-corrected chi connectivity index (χ4v) is 3.39. The minimum absolute atomic E-state index is 0.251. The van der Waals surface area contributed by atoms with Gasteiger partial charge in [0, 0.05) is 25.3 Å². The molecule has 0 saturated carbocycles. The highest BCUT2D eigenvalue weighted by molar-refractivity contribution is 5.73. The van der Waals surface area contributed by atoms with Gasteiger partial charge in [0.1, 0.15) is 0 Å². The summed E-state index contributed by atoms with van der Waals surface area (Å²) in [6.07, 6.45) is -2.50. The average molecular weight is 516 g/mol. The fourth-order valence-electron chi connectivity index (χ4n) is 3.39. The summed E-state index contributed by atoms with van der Waals surface area (Å²) in [7, 11) is 0. The number of carboxylic acid groups (broad SMARTS) is 2. The number of carboxylic acids is 2. The maximum absolute atomic E-state index is 10.6. The van der Waals surface area contributed by atoms with Crippen LogP contribution in [-0.2, 0) is 25.6 Å².